The standard InChI is InChI=1S/C61H84F8I2O9S/c1-5-9-13-17-21-25-45-75-53-37-29-49(30-38-53)70(50-31-39-54(40-32-50)76-46-26-22-18-14-10-6-2)79-57(72)58(62,63)59(64,65)60(66,67)61(68,69)81(73,74)80-71(51-33-41-55(42-34-51)77-47-27-23-19-15-11-7-3)52-35-43-56(44-36-52)78-48-28-24-20-16-12-8-4/h29-44H,5-28,45-48H2,1-4H3/q+2. The fraction of sp³-hybridized carbons (Fsp3) is 0.590. The number of unbranched alkanes of at least 4 members (excludes halogenated alkanes) is 20. The van der Waals surface area contributed by atoms with E-state index < -0.39 is 79.6 Å². The van der Waals surface area contributed by atoms with E-state index in [1.165, 1.54) is 97.1 Å². The van der Waals surface area contributed by atoms with Crippen molar-refractivity contribution in [2.45, 2.75) is 205 Å². The van der Waals surface area contributed by atoms with Crippen molar-refractivity contribution in [3.8, 4) is 23.0 Å². The molecule has 0 saturated carbocycles. The van der Waals surface area contributed by atoms with Crippen LogP contribution in [0, 0.1) is 14.3 Å². The molecule has 20 heteroatoms. The molecule has 0 spiro atoms. The summed E-state index contributed by atoms with van der Waals surface area (Å²) in [4.78, 5) is 13.4. The molecule has 4 rings (SSSR count). The molecule has 0 unspecified atom stereocenters. The Morgan fingerprint density at radius 2 is 0.617 bits per heavy atom. The second-order valence-corrected chi connectivity index (χ2v) is 30.8. The summed E-state index contributed by atoms with van der Waals surface area (Å²) >= 11 is -8.61. The quantitative estimate of drug-likeness (QED) is 0.0243. The zero-order valence-electron chi connectivity index (χ0n) is 47.4. The van der Waals surface area contributed by atoms with Gasteiger partial charge in [-0.05, 0) is 125 Å². The van der Waals surface area contributed by atoms with Gasteiger partial charge in [0.05, 0.1) is 26.4 Å². The van der Waals surface area contributed by atoms with E-state index in [2.05, 4.69) is 27.7 Å². The monoisotopic (exact) mass is 1400 g/mol. The van der Waals surface area contributed by atoms with Gasteiger partial charge in [-0.25, -0.2) is 7.86 Å². The van der Waals surface area contributed by atoms with Crippen LogP contribution in [0.1, 0.15) is 182 Å². The molecule has 0 saturated heterocycles. The maximum absolute atomic E-state index is 16.1. The Balaban J connectivity index is 1.60. The lowest BCUT2D eigenvalue weighted by Gasteiger charge is -2.33. The number of carbonyl (C=O) groups excluding carboxylic acids is 1. The van der Waals surface area contributed by atoms with Gasteiger partial charge in [0.25, 0.3) is 0 Å². The van der Waals surface area contributed by atoms with Crippen molar-refractivity contribution in [2.75, 3.05) is 26.4 Å². The van der Waals surface area contributed by atoms with Crippen LogP contribution >= 0.6 is 0 Å². The van der Waals surface area contributed by atoms with Gasteiger partial charge < -0.3 is 18.9 Å². The van der Waals surface area contributed by atoms with E-state index in [0.717, 1.165) is 154 Å². The Morgan fingerprint density at radius 1 is 0.370 bits per heavy atom. The first kappa shape index (κ1) is 69.9. The van der Waals surface area contributed by atoms with Crippen molar-refractivity contribution in [1.82, 2.24) is 0 Å². The fourth-order valence-electron chi connectivity index (χ4n) is 8.19. The van der Waals surface area contributed by atoms with Gasteiger partial charge in [0.1, 0.15) is 23.0 Å². The normalized spacial score (nSPS) is 12.5. The fourth-order valence-corrected chi connectivity index (χ4v) is 19.0. The lowest BCUT2D eigenvalue weighted by molar-refractivity contribution is -1.04. The first-order valence-corrected chi connectivity index (χ1v) is 36.3. The highest BCUT2D eigenvalue weighted by Gasteiger charge is 2.88. The molecule has 0 aliphatic heterocycles. The SMILES string of the molecule is CCCCCCCCOc1ccc([I+](OC(=O)C(F)(F)C(F)(F)C(F)(F)C(F)(F)S(=O)(=O)O[I+](c2ccc(OCCCCCCCC)cc2)c2ccc(OCCCCCCCC)cc2)c2ccc(OCCCCCCCC)cc2)cc1. The molecule has 0 atom stereocenters. The van der Waals surface area contributed by atoms with Crippen LogP contribution in [0.5, 0.6) is 23.0 Å². The second-order valence-electron chi connectivity index (χ2n) is 19.9. The number of rotatable bonds is 44. The molecule has 0 fully saturated rings. The number of alkyl halides is 8. The largest absolute Gasteiger partial charge is 0.494 e. The molecular weight excluding hydrogens is 1310 g/mol. The lowest BCUT2D eigenvalue weighted by Crippen LogP contribution is -3.85. The van der Waals surface area contributed by atoms with Gasteiger partial charge in [-0.3, -0.25) is 0 Å². The van der Waals surface area contributed by atoms with E-state index in [9.17, 15) is 13.2 Å². The summed E-state index contributed by atoms with van der Waals surface area (Å²) in [5, 5.41) is -7.06. The molecule has 0 N–H and O–H groups in total. The zero-order valence-corrected chi connectivity index (χ0v) is 52.5. The Labute approximate surface area is 491 Å². The Hall–Kier alpha value is -3.64. The summed E-state index contributed by atoms with van der Waals surface area (Å²) in [5.41, 5.74) is 0. The summed E-state index contributed by atoms with van der Waals surface area (Å²) in [6, 6.07) is 21.7. The van der Waals surface area contributed by atoms with Crippen molar-refractivity contribution >= 4 is 16.1 Å². The molecule has 81 heavy (non-hydrogen) atoms. The topological polar surface area (TPSA) is 107 Å². The zero-order chi connectivity index (χ0) is 59.2. The van der Waals surface area contributed by atoms with Gasteiger partial charge in [-0.15, -0.1) is 0 Å². The Kier molecular flexibility index (Phi) is 31.3. The lowest BCUT2D eigenvalue weighted by atomic mass is 10.1. The van der Waals surface area contributed by atoms with Crippen LogP contribution in [0.2, 0.25) is 0 Å². The highest BCUT2D eigenvalue weighted by atomic mass is 127. The molecule has 0 heterocycles. The highest BCUT2D eigenvalue weighted by Crippen LogP contribution is 2.54. The number of ether oxygens (including phenoxy) is 4. The molecule has 0 aromatic heterocycles. The predicted octanol–water partition coefficient (Wildman–Crippen LogP) is 11.9. The minimum absolute atomic E-state index is 0.0406. The Bertz CT molecular complexity index is 2350. The van der Waals surface area contributed by atoms with E-state index in [1.807, 2.05) is 0 Å². The summed E-state index contributed by atoms with van der Waals surface area (Å²) in [5.74, 6) is -23.6. The third kappa shape index (κ3) is 21.7. The van der Waals surface area contributed by atoms with Gasteiger partial charge in [-0.1, -0.05) is 156 Å². The van der Waals surface area contributed by atoms with E-state index >= 15 is 35.1 Å². The van der Waals surface area contributed by atoms with Gasteiger partial charge in [0.2, 0.25) is 0 Å². The van der Waals surface area contributed by atoms with Crippen LogP contribution in [0.3, 0.4) is 0 Å². The molecule has 2 radical (unpaired) electrons. The molecule has 4 aromatic rings. The van der Waals surface area contributed by atoms with E-state index in [4.69, 9.17) is 24.5 Å². The molecule has 9 nitrogen and oxygen atoms in total. The van der Waals surface area contributed by atoms with Crippen LogP contribution < -0.4 is 59.4 Å². The third-order valence-corrected chi connectivity index (χ3v) is 25.0. The summed E-state index contributed by atoms with van der Waals surface area (Å²) in [7, 11) is -7.26. The van der Waals surface area contributed by atoms with Crippen LogP contribution in [-0.4, -0.2) is 63.8 Å². The molecular formula is C61H84F8I2O9S+2. The summed E-state index contributed by atoms with van der Waals surface area (Å²) < 4.78 is 188. The second kappa shape index (κ2) is 36.3. The van der Waals surface area contributed by atoms with Crippen molar-refractivity contribution in [1.29, 1.82) is 0 Å². The van der Waals surface area contributed by atoms with Crippen LogP contribution in [0.4, 0.5) is 35.1 Å². The maximum Gasteiger partial charge on any atom is 0.442 e. The number of halogens is 10. The number of hydrogen-bond acceptors (Lipinski definition) is 9. The van der Waals surface area contributed by atoms with Crippen LogP contribution in [-0.2, 0) is 20.5 Å². The van der Waals surface area contributed by atoms with Gasteiger partial charge in [0, 0.05) is 0 Å². The number of carbonyl (C=O) groups is 1. The van der Waals surface area contributed by atoms with Crippen LogP contribution in [0.15, 0.2) is 97.1 Å². The highest BCUT2D eigenvalue weighted by molar-refractivity contribution is 7.87. The average molecular weight is 1400 g/mol. The smallest absolute Gasteiger partial charge is 0.442 e. The summed E-state index contributed by atoms with van der Waals surface area (Å²) in [6.45, 7) is 9.74. The van der Waals surface area contributed by atoms with E-state index in [-0.39, 0.29) is 14.3 Å². The maximum atomic E-state index is 16.1. The molecule has 0 aliphatic rings. The number of benzene rings is 4. The molecule has 456 valence electrons. The minimum atomic E-state index is -7.48. The third-order valence-electron chi connectivity index (χ3n) is 13.1. The van der Waals surface area contributed by atoms with Gasteiger partial charge >= 0.3 is 79.6 Å². The molecule has 0 aliphatic carbocycles. The molecule has 0 bridgehead atoms. The number of hydrogen-bond donors (Lipinski definition) is 0. The average Bonchev–Trinajstić information content (AvgIpc) is 3.60. The van der Waals surface area contributed by atoms with Crippen molar-refractivity contribution in [2.24, 2.45) is 0 Å². The molecule has 0 amide bonds. The predicted molar refractivity (Wildman–Crippen MR) is 292 cm³/mol. The molecule has 4 aromatic carbocycles. The van der Waals surface area contributed by atoms with E-state index in [1.54, 1.807) is 0 Å². The first-order valence-electron chi connectivity index (χ1n) is 28.8. The van der Waals surface area contributed by atoms with Crippen molar-refractivity contribution in [3.63, 3.8) is 0 Å². The van der Waals surface area contributed by atoms with Gasteiger partial charge in [0.15, 0.2) is 14.3 Å². The first-order chi connectivity index (χ1) is 38.8. The van der Waals surface area contributed by atoms with Crippen molar-refractivity contribution < 1.29 is 113 Å². The van der Waals surface area contributed by atoms with Gasteiger partial charge in [-0.2, -0.15) is 43.5 Å². The van der Waals surface area contributed by atoms with Crippen molar-refractivity contribution in [3.05, 3.63) is 111 Å². The van der Waals surface area contributed by atoms with Crippen LogP contribution in [0.25, 0.3) is 0 Å². The minimum Gasteiger partial charge on any atom is -0.494 e. The van der Waals surface area contributed by atoms with E-state index in [0.29, 0.717) is 49.4 Å². The summed E-state index contributed by atoms with van der Waals surface area (Å²) in [6.07, 6.45) is 23.7. The Morgan fingerprint density at radius 3 is 0.889 bits per heavy atom.